The van der Waals surface area contributed by atoms with Crippen molar-refractivity contribution in [3.05, 3.63) is 38.0 Å². The van der Waals surface area contributed by atoms with E-state index in [4.69, 9.17) is 4.98 Å². The van der Waals surface area contributed by atoms with Crippen molar-refractivity contribution in [3.8, 4) is 0 Å². The first-order chi connectivity index (χ1) is 11.8. The van der Waals surface area contributed by atoms with Gasteiger partial charge >= 0.3 is 0 Å². The SMILES string of the molecule is c1cc(CN(Cc2nc3c(s2)CCC3)[C@H]2CC23CCNCC3)cs1. The van der Waals surface area contributed by atoms with Crippen molar-refractivity contribution in [1.29, 1.82) is 0 Å². The van der Waals surface area contributed by atoms with E-state index in [9.17, 15) is 0 Å². The third-order valence-electron chi connectivity index (χ3n) is 6.13. The summed E-state index contributed by atoms with van der Waals surface area (Å²) in [6.45, 7) is 4.55. The summed E-state index contributed by atoms with van der Waals surface area (Å²) >= 11 is 3.80. The Morgan fingerprint density at radius 2 is 2.17 bits per heavy atom. The lowest BCUT2D eigenvalue weighted by Gasteiger charge is -2.29. The van der Waals surface area contributed by atoms with Crippen molar-refractivity contribution in [2.75, 3.05) is 13.1 Å². The topological polar surface area (TPSA) is 28.2 Å². The standard InChI is InChI=1S/C19H25N3S2/c1-2-15-16(3-1)24-18(21-15)12-22(11-14-4-9-23-13-14)17-10-19(17)5-7-20-8-6-19/h4,9,13,17,20H,1-3,5-8,10-12H2/t17-/m0/s1. The number of thiazole rings is 1. The van der Waals surface area contributed by atoms with Crippen LogP contribution in [-0.4, -0.2) is 29.0 Å². The van der Waals surface area contributed by atoms with Crippen LogP contribution in [0, 0.1) is 5.41 Å². The van der Waals surface area contributed by atoms with Crippen LogP contribution in [0.4, 0.5) is 0 Å². The van der Waals surface area contributed by atoms with E-state index in [0.29, 0.717) is 5.41 Å². The van der Waals surface area contributed by atoms with Gasteiger partial charge in [-0.25, -0.2) is 4.98 Å². The monoisotopic (exact) mass is 359 g/mol. The van der Waals surface area contributed by atoms with Crippen molar-refractivity contribution in [3.63, 3.8) is 0 Å². The highest BCUT2D eigenvalue weighted by atomic mass is 32.1. The van der Waals surface area contributed by atoms with Gasteiger partial charge in [-0.1, -0.05) is 0 Å². The van der Waals surface area contributed by atoms with E-state index in [1.807, 2.05) is 22.7 Å². The number of aryl methyl sites for hydroxylation is 2. The van der Waals surface area contributed by atoms with Gasteiger partial charge in [-0.15, -0.1) is 11.3 Å². The van der Waals surface area contributed by atoms with E-state index in [1.165, 1.54) is 67.9 Å². The molecule has 24 heavy (non-hydrogen) atoms. The Morgan fingerprint density at radius 1 is 1.25 bits per heavy atom. The Bertz CT molecular complexity index is 679. The molecule has 5 rings (SSSR count). The van der Waals surface area contributed by atoms with Gasteiger partial charge in [0, 0.05) is 17.5 Å². The van der Waals surface area contributed by atoms with Crippen molar-refractivity contribution < 1.29 is 0 Å². The van der Waals surface area contributed by atoms with Crippen LogP contribution in [0.5, 0.6) is 0 Å². The van der Waals surface area contributed by atoms with E-state index < -0.39 is 0 Å². The molecular weight excluding hydrogens is 334 g/mol. The molecule has 1 saturated carbocycles. The number of hydrogen-bond donors (Lipinski definition) is 1. The van der Waals surface area contributed by atoms with Crippen molar-refractivity contribution in [1.82, 2.24) is 15.2 Å². The Kier molecular flexibility index (Phi) is 4.01. The molecule has 3 heterocycles. The van der Waals surface area contributed by atoms with Crippen molar-refractivity contribution >= 4 is 22.7 Å². The lowest BCUT2D eigenvalue weighted by Crippen LogP contribution is -2.35. The van der Waals surface area contributed by atoms with Gasteiger partial charge in [0.15, 0.2) is 0 Å². The van der Waals surface area contributed by atoms with Crippen LogP contribution in [0.3, 0.4) is 0 Å². The molecule has 2 fully saturated rings. The summed E-state index contributed by atoms with van der Waals surface area (Å²) in [4.78, 5) is 9.27. The summed E-state index contributed by atoms with van der Waals surface area (Å²) < 4.78 is 0. The second-order valence-electron chi connectivity index (χ2n) is 7.70. The molecule has 0 unspecified atom stereocenters. The van der Waals surface area contributed by atoms with Gasteiger partial charge < -0.3 is 5.32 Å². The summed E-state index contributed by atoms with van der Waals surface area (Å²) in [5.41, 5.74) is 3.47. The highest BCUT2D eigenvalue weighted by Gasteiger charge is 2.56. The first-order valence-electron chi connectivity index (χ1n) is 9.26. The molecule has 2 aromatic heterocycles. The molecule has 0 bridgehead atoms. The van der Waals surface area contributed by atoms with Gasteiger partial charge in [-0.3, -0.25) is 4.90 Å². The molecule has 1 aliphatic heterocycles. The van der Waals surface area contributed by atoms with Gasteiger partial charge in [-0.05, 0) is 79.4 Å². The van der Waals surface area contributed by atoms with E-state index in [0.717, 1.165) is 19.1 Å². The fourth-order valence-electron chi connectivity index (χ4n) is 4.68. The molecule has 1 N–H and O–H groups in total. The minimum atomic E-state index is 0.598. The maximum Gasteiger partial charge on any atom is 0.107 e. The first kappa shape index (κ1) is 15.5. The second kappa shape index (κ2) is 6.20. The largest absolute Gasteiger partial charge is 0.317 e. The number of thiophene rings is 1. The van der Waals surface area contributed by atoms with Crippen molar-refractivity contribution in [2.45, 2.75) is 57.7 Å². The molecule has 2 aliphatic carbocycles. The number of hydrogen-bond acceptors (Lipinski definition) is 5. The Hall–Kier alpha value is -0.750. The maximum atomic E-state index is 4.97. The van der Waals surface area contributed by atoms with Crippen LogP contribution in [0.1, 0.15) is 46.8 Å². The number of rotatable bonds is 5. The molecule has 5 heteroatoms. The lowest BCUT2D eigenvalue weighted by molar-refractivity contribution is 0.188. The molecule has 1 atom stereocenters. The number of fused-ring (bicyclic) bond motifs is 1. The van der Waals surface area contributed by atoms with Crippen LogP contribution in [-0.2, 0) is 25.9 Å². The van der Waals surface area contributed by atoms with E-state index >= 15 is 0 Å². The van der Waals surface area contributed by atoms with Gasteiger partial charge in [0.25, 0.3) is 0 Å². The maximum absolute atomic E-state index is 4.97. The van der Waals surface area contributed by atoms with Gasteiger partial charge in [0.05, 0.1) is 12.2 Å². The van der Waals surface area contributed by atoms with E-state index in [2.05, 4.69) is 27.0 Å². The summed E-state index contributed by atoms with van der Waals surface area (Å²) in [5, 5.41) is 9.41. The zero-order valence-corrected chi connectivity index (χ0v) is 15.7. The summed E-state index contributed by atoms with van der Waals surface area (Å²) in [5.74, 6) is 0. The highest BCUT2D eigenvalue weighted by molar-refractivity contribution is 7.11. The summed E-state index contributed by atoms with van der Waals surface area (Å²) in [7, 11) is 0. The van der Waals surface area contributed by atoms with Crippen molar-refractivity contribution in [2.24, 2.45) is 5.41 Å². The van der Waals surface area contributed by atoms with Gasteiger partial charge in [0.2, 0.25) is 0 Å². The van der Waals surface area contributed by atoms with Crippen LogP contribution in [0.2, 0.25) is 0 Å². The molecule has 128 valence electrons. The third kappa shape index (κ3) is 2.85. The predicted octanol–water partition coefficient (Wildman–Crippen LogP) is 3.84. The predicted molar refractivity (Wildman–Crippen MR) is 101 cm³/mol. The molecule has 3 nitrogen and oxygen atoms in total. The second-order valence-corrected chi connectivity index (χ2v) is 9.65. The van der Waals surface area contributed by atoms with E-state index in [1.54, 1.807) is 4.88 Å². The smallest absolute Gasteiger partial charge is 0.107 e. The zero-order valence-electron chi connectivity index (χ0n) is 14.1. The highest BCUT2D eigenvalue weighted by Crippen LogP contribution is 2.56. The Balaban J connectivity index is 1.35. The lowest BCUT2D eigenvalue weighted by atomic mass is 9.93. The molecular formula is C19H25N3S2. The summed E-state index contributed by atoms with van der Waals surface area (Å²) in [6.07, 6.45) is 7.88. The van der Waals surface area contributed by atoms with Gasteiger partial charge in [-0.2, -0.15) is 11.3 Å². The number of nitrogens with one attached hydrogen (secondary N) is 1. The quantitative estimate of drug-likeness (QED) is 0.879. The molecule has 0 aromatic carbocycles. The van der Waals surface area contributed by atoms with Crippen LogP contribution < -0.4 is 5.32 Å². The average molecular weight is 360 g/mol. The molecule has 3 aliphatic rings. The first-order valence-corrected chi connectivity index (χ1v) is 11.0. The molecule has 1 saturated heterocycles. The molecule has 0 radical (unpaired) electrons. The Morgan fingerprint density at radius 3 is 2.96 bits per heavy atom. The minimum absolute atomic E-state index is 0.598. The van der Waals surface area contributed by atoms with Gasteiger partial charge in [0.1, 0.15) is 5.01 Å². The minimum Gasteiger partial charge on any atom is -0.317 e. The number of piperidine rings is 1. The molecule has 1 spiro atoms. The Labute approximate surface area is 152 Å². The van der Waals surface area contributed by atoms with Crippen LogP contribution in [0.15, 0.2) is 16.8 Å². The number of aromatic nitrogens is 1. The summed E-state index contributed by atoms with van der Waals surface area (Å²) in [6, 6.07) is 3.05. The average Bonchev–Trinajstić information content (AvgIpc) is 3.03. The third-order valence-corrected chi connectivity index (χ3v) is 8.01. The molecule has 2 aromatic rings. The van der Waals surface area contributed by atoms with Crippen LogP contribution in [0.25, 0.3) is 0 Å². The van der Waals surface area contributed by atoms with Crippen LogP contribution >= 0.6 is 22.7 Å². The fourth-order valence-corrected chi connectivity index (χ4v) is 6.53. The zero-order chi connectivity index (χ0) is 16.0. The normalized spacial score (nSPS) is 24.6. The van der Waals surface area contributed by atoms with E-state index in [-0.39, 0.29) is 0 Å². The fraction of sp³-hybridized carbons (Fsp3) is 0.632. The number of nitrogens with zero attached hydrogens (tertiary/aromatic N) is 2. The molecule has 0 amide bonds.